The van der Waals surface area contributed by atoms with Crippen LogP contribution in [0.2, 0.25) is 0 Å². The molecule has 2 rings (SSSR count). The van der Waals surface area contributed by atoms with E-state index < -0.39 is 0 Å². The van der Waals surface area contributed by atoms with E-state index in [4.69, 9.17) is 4.74 Å². The first-order chi connectivity index (χ1) is 9.08. The Bertz CT molecular complexity index is 278. The second-order valence-corrected chi connectivity index (χ2v) is 6.63. The van der Waals surface area contributed by atoms with Gasteiger partial charge in [-0.15, -0.1) is 0 Å². The van der Waals surface area contributed by atoms with Crippen LogP contribution in [0, 0.1) is 0 Å². The molecular formula is C16H32N2O. The van der Waals surface area contributed by atoms with Crippen molar-refractivity contribution in [3.8, 4) is 0 Å². The second kappa shape index (κ2) is 6.55. The summed E-state index contributed by atoms with van der Waals surface area (Å²) < 4.78 is 6.03. The van der Waals surface area contributed by atoms with Crippen molar-refractivity contribution < 1.29 is 4.74 Å². The lowest BCUT2D eigenvalue weighted by Gasteiger charge is -2.38. The van der Waals surface area contributed by atoms with Crippen molar-refractivity contribution in [3.05, 3.63) is 0 Å². The molecule has 0 aliphatic carbocycles. The van der Waals surface area contributed by atoms with Crippen molar-refractivity contribution in [1.82, 2.24) is 10.2 Å². The fourth-order valence-corrected chi connectivity index (χ4v) is 3.58. The van der Waals surface area contributed by atoms with Gasteiger partial charge in [0.2, 0.25) is 0 Å². The molecular weight excluding hydrogens is 236 g/mol. The van der Waals surface area contributed by atoms with Crippen LogP contribution in [0.5, 0.6) is 0 Å². The molecule has 3 nitrogen and oxygen atoms in total. The van der Waals surface area contributed by atoms with Crippen LogP contribution in [-0.4, -0.2) is 48.3 Å². The predicted molar refractivity (Wildman–Crippen MR) is 80.5 cm³/mol. The lowest BCUT2D eigenvalue weighted by Crippen LogP contribution is -2.52. The Morgan fingerprint density at radius 2 is 1.89 bits per heavy atom. The van der Waals surface area contributed by atoms with Gasteiger partial charge >= 0.3 is 0 Å². The van der Waals surface area contributed by atoms with Gasteiger partial charge in [0.1, 0.15) is 0 Å². The van der Waals surface area contributed by atoms with Gasteiger partial charge in [0.25, 0.3) is 0 Å². The summed E-state index contributed by atoms with van der Waals surface area (Å²) >= 11 is 0. The molecule has 2 aliphatic heterocycles. The molecule has 0 amide bonds. The zero-order chi connectivity index (χ0) is 13.9. The van der Waals surface area contributed by atoms with Gasteiger partial charge in [0, 0.05) is 24.7 Å². The van der Waals surface area contributed by atoms with Crippen LogP contribution in [-0.2, 0) is 4.74 Å². The SMILES string of the molecule is CCC1(CC)CN(CC2CCC(C)O2)C(C)CCN1. The molecule has 0 radical (unpaired) electrons. The summed E-state index contributed by atoms with van der Waals surface area (Å²) in [5.41, 5.74) is 0.314. The highest BCUT2D eigenvalue weighted by molar-refractivity contribution is 4.94. The minimum absolute atomic E-state index is 0.314. The zero-order valence-corrected chi connectivity index (χ0v) is 13.2. The number of nitrogens with one attached hydrogen (secondary N) is 1. The van der Waals surface area contributed by atoms with Gasteiger partial charge in [0.05, 0.1) is 12.2 Å². The third-order valence-electron chi connectivity index (χ3n) is 5.30. The molecule has 1 N–H and O–H groups in total. The molecule has 0 aromatic carbocycles. The molecule has 3 unspecified atom stereocenters. The van der Waals surface area contributed by atoms with Crippen LogP contribution in [0.4, 0.5) is 0 Å². The summed E-state index contributed by atoms with van der Waals surface area (Å²) in [7, 11) is 0. The maximum Gasteiger partial charge on any atom is 0.0706 e. The Kier molecular flexibility index (Phi) is 5.27. The summed E-state index contributed by atoms with van der Waals surface area (Å²) in [6.45, 7) is 12.7. The number of ether oxygens (including phenoxy) is 1. The topological polar surface area (TPSA) is 24.5 Å². The maximum atomic E-state index is 6.03. The van der Waals surface area contributed by atoms with Gasteiger partial charge in [-0.05, 0) is 52.5 Å². The Morgan fingerprint density at radius 1 is 1.16 bits per heavy atom. The molecule has 0 bridgehead atoms. The average molecular weight is 268 g/mol. The lowest BCUT2D eigenvalue weighted by molar-refractivity contribution is 0.0179. The zero-order valence-electron chi connectivity index (χ0n) is 13.2. The summed E-state index contributed by atoms with van der Waals surface area (Å²) in [4.78, 5) is 2.68. The Morgan fingerprint density at radius 3 is 2.47 bits per heavy atom. The maximum absolute atomic E-state index is 6.03. The van der Waals surface area contributed by atoms with E-state index in [0.29, 0.717) is 23.8 Å². The van der Waals surface area contributed by atoms with Gasteiger partial charge < -0.3 is 10.1 Å². The second-order valence-electron chi connectivity index (χ2n) is 6.63. The molecule has 0 saturated carbocycles. The van der Waals surface area contributed by atoms with Gasteiger partial charge in [-0.2, -0.15) is 0 Å². The monoisotopic (exact) mass is 268 g/mol. The van der Waals surface area contributed by atoms with Gasteiger partial charge in [-0.25, -0.2) is 0 Å². The molecule has 2 aliphatic rings. The first kappa shape index (κ1) is 15.3. The average Bonchev–Trinajstić information content (AvgIpc) is 2.74. The largest absolute Gasteiger partial charge is 0.374 e. The smallest absolute Gasteiger partial charge is 0.0706 e. The van der Waals surface area contributed by atoms with E-state index in [1.807, 2.05) is 0 Å². The molecule has 2 heterocycles. The number of rotatable bonds is 4. The molecule has 112 valence electrons. The third-order valence-corrected chi connectivity index (χ3v) is 5.30. The van der Waals surface area contributed by atoms with Crippen molar-refractivity contribution in [3.63, 3.8) is 0 Å². The van der Waals surface area contributed by atoms with E-state index in [1.54, 1.807) is 0 Å². The molecule has 19 heavy (non-hydrogen) atoms. The van der Waals surface area contributed by atoms with Gasteiger partial charge in [0.15, 0.2) is 0 Å². The van der Waals surface area contributed by atoms with Crippen LogP contribution in [0.1, 0.15) is 59.8 Å². The lowest BCUT2D eigenvalue weighted by atomic mass is 9.92. The minimum Gasteiger partial charge on any atom is -0.374 e. The van der Waals surface area contributed by atoms with E-state index in [9.17, 15) is 0 Å². The van der Waals surface area contributed by atoms with Crippen LogP contribution in [0.25, 0.3) is 0 Å². The van der Waals surface area contributed by atoms with E-state index in [-0.39, 0.29) is 0 Å². The van der Waals surface area contributed by atoms with Crippen molar-refractivity contribution >= 4 is 0 Å². The van der Waals surface area contributed by atoms with Crippen molar-refractivity contribution in [2.75, 3.05) is 19.6 Å². The molecule has 2 fully saturated rings. The minimum atomic E-state index is 0.314. The first-order valence-electron chi connectivity index (χ1n) is 8.23. The third kappa shape index (κ3) is 3.71. The highest BCUT2D eigenvalue weighted by Crippen LogP contribution is 2.26. The van der Waals surface area contributed by atoms with Crippen LogP contribution in [0.15, 0.2) is 0 Å². The number of nitrogens with zero attached hydrogens (tertiary/aromatic N) is 1. The van der Waals surface area contributed by atoms with Gasteiger partial charge in [-0.1, -0.05) is 13.8 Å². The highest BCUT2D eigenvalue weighted by Gasteiger charge is 2.34. The molecule has 3 heteroatoms. The van der Waals surface area contributed by atoms with Crippen molar-refractivity contribution in [1.29, 1.82) is 0 Å². The fourth-order valence-electron chi connectivity index (χ4n) is 3.58. The van der Waals surface area contributed by atoms with Crippen LogP contribution < -0.4 is 5.32 Å². The van der Waals surface area contributed by atoms with Gasteiger partial charge in [-0.3, -0.25) is 4.90 Å². The number of hydrogen-bond acceptors (Lipinski definition) is 3. The van der Waals surface area contributed by atoms with Crippen LogP contribution in [0.3, 0.4) is 0 Å². The van der Waals surface area contributed by atoms with E-state index in [1.165, 1.54) is 38.6 Å². The normalized spacial score (nSPS) is 36.3. The van der Waals surface area contributed by atoms with E-state index in [2.05, 4.69) is 37.9 Å². The van der Waals surface area contributed by atoms with Crippen LogP contribution >= 0.6 is 0 Å². The molecule has 2 saturated heterocycles. The van der Waals surface area contributed by atoms with E-state index >= 15 is 0 Å². The Labute approximate surface area is 119 Å². The highest BCUT2D eigenvalue weighted by atomic mass is 16.5. The summed E-state index contributed by atoms with van der Waals surface area (Å²) in [5, 5.41) is 3.81. The van der Waals surface area contributed by atoms with E-state index in [0.717, 1.165) is 13.1 Å². The molecule has 0 spiro atoms. The molecule has 3 atom stereocenters. The number of hydrogen-bond donors (Lipinski definition) is 1. The first-order valence-corrected chi connectivity index (χ1v) is 8.23. The van der Waals surface area contributed by atoms with Crippen molar-refractivity contribution in [2.24, 2.45) is 0 Å². The Balaban J connectivity index is 1.99. The quantitative estimate of drug-likeness (QED) is 0.848. The summed E-state index contributed by atoms with van der Waals surface area (Å²) in [6, 6.07) is 0.673. The van der Waals surface area contributed by atoms with Crippen molar-refractivity contribution in [2.45, 2.75) is 83.6 Å². The summed E-state index contributed by atoms with van der Waals surface area (Å²) in [6.07, 6.45) is 7.09. The fraction of sp³-hybridized carbons (Fsp3) is 1.00. The summed E-state index contributed by atoms with van der Waals surface area (Å²) in [5.74, 6) is 0. The standard InChI is InChI=1S/C16H32N2O/c1-5-16(6-2)12-18(13(3)9-10-17-16)11-15-8-7-14(4)19-15/h13-15,17H,5-12H2,1-4H3. The Hall–Kier alpha value is -0.120. The molecule has 0 aromatic heterocycles. The predicted octanol–water partition coefficient (Wildman–Crippen LogP) is 2.80. The molecule has 0 aromatic rings.